The Bertz CT molecular complexity index is 1040. The summed E-state index contributed by atoms with van der Waals surface area (Å²) in [4.78, 5) is 67.9. The van der Waals surface area contributed by atoms with Gasteiger partial charge in [-0.2, -0.15) is 0 Å². The molecule has 1 N–H and O–H groups in total. The minimum atomic E-state index is -1.38. The van der Waals surface area contributed by atoms with Crippen LogP contribution in [0, 0.1) is 24.7 Å². The van der Waals surface area contributed by atoms with Crippen molar-refractivity contribution >= 4 is 29.8 Å². The van der Waals surface area contributed by atoms with Gasteiger partial charge in [-0.1, -0.05) is 34.6 Å². The fourth-order valence-electron chi connectivity index (χ4n) is 3.95. The predicted molar refractivity (Wildman–Crippen MR) is 135 cm³/mol. The normalized spacial score (nSPS) is 22.0. The van der Waals surface area contributed by atoms with Gasteiger partial charge in [-0.25, -0.2) is 9.78 Å². The van der Waals surface area contributed by atoms with Gasteiger partial charge >= 0.3 is 23.9 Å². The maximum absolute atomic E-state index is 13.2. The smallest absolute Gasteiger partial charge is 0.332 e. The van der Waals surface area contributed by atoms with Crippen LogP contribution in [-0.2, 0) is 33.4 Å². The predicted octanol–water partition coefficient (Wildman–Crippen LogP) is 2.91. The number of esters is 4. The lowest BCUT2D eigenvalue weighted by Crippen LogP contribution is -2.47. The number of cyclic esters (lactones) is 2. The van der Waals surface area contributed by atoms with Crippen LogP contribution in [-0.4, -0.2) is 59.6 Å². The third-order valence-corrected chi connectivity index (χ3v) is 6.45. The number of nitrogens with zero attached hydrogens (tertiary/aromatic N) is 1. The fourth-order valence-corrected chi connectivity index (χ4v) is 3.95. The molecule has 0 spiro atoms. The summed E-state index contributed by atoms with van der Waals surface area (Å²) in [5.41, 5.74) is 0.300. The van der Waals surface area contributed by atoms with Crippen LogP contribution in [0.15, 0.2) is 12.3 Å². The molecule has 2 heterocycles. The summed E-state index contributed by atoms with van der Waals surface area (Å²) in [5.74, 6) is -5.12. The molecule has 2 rings (SSSR count). The van der Waals surface area contributed by atoms with Crippen molar-refractivity contribution in [1.29, 1.82) is 0 Å². The van der Waals surface area contributed by atoms with Gasteiger partial charge in [0.05, 0.1) is 17.8 Å². The first kappa shape index (κ1) is 30.7. The highest BCUT2D eigenvalue weighted by Gasteiger charge is 2.41. The number of amides is 1. The molecule has 210 valence electrons. The molecule has 1 aliphatic heterocycles. The first-order chi connectivity index (χ1) is 17.9. The second kappa shape index (κ2) is 13.9. The molecule has 0 saturated carbocycles. The van der Waals surface area contributed by atoms with E-state index in [1.54, 1.807) is 33.8 Å². The Balaban J connectivity index is 2.29. The molecular weight excluding hydrogens is 496 g/mol. The third-order valence-electron chi connectivity index (χ3n) is 6.45. The molecule has 0 radical (unpaired) electrons. The Kier molecular flexibility index (Phi) is 11.2. The van der Waals surface area contributed by atoms with Gasteiger partial charge in [-0.15, -0.1) is 0 Å². The van der Waals surface area contributed by atoms with Gasteiger partial charge in [0.1, 0.15) is 12.7 Å². The number of carbonyl (C=O) groups excluding carboxylic acids is 5. The average molecular weight is 535 g/mol. The number of aromatic nitrogens is 1. The highest BCUT2D eigenvalue weighted by Crippen LogP contribution is 2.25. The lowest BCUT2D eigenvalue weighted by Gasteiger charge is -2.29. The Labute approximate surface area is 222 Å². The van der Waals surface area contributed by atoms with Crippen molar-refractivity contribution < 1.29 is 42.9 Å². The number of carbonyl (C=O) groups is 5. The maximum atomic E-state index is 13.2. The molecule has 38 heavy (non-hydrogen) atoms. The lowest BCUT2D eigenvalue weighted by molar-refractivity contribution is -0.176. The first-order valence-electron chi connectivity index (χ1n) is 13.0. The van der Waals surface area contributed by atoms with E-state index in [1.165, 1.54) is 13.1 Å². The molecular formula is C27H38N2O9. The molecule has 1 saturated heterocycles. The average Bonchev–Trinajstić information content (AvgIpc) is 2.90. The van der Waals surface area contributed by atoms with E-state index < -0.39 is 66.5 Å². The van der Waals surface area contributed by atoms with Crippen molar-refractivity contribution in [3.05, 3.63) is 23.5 Å². The molecule has 4 unspecified atom stereocenters. The Morgan fingerprint density at radius 1 is 1.11 bits per heavy atom. The highest BCUT2D eigenvalue weighted by atomic mass is 16.6. The van der Waals surface area contributed by atoms with Crippen molar-refractivity contribution in [2.75, 3.05) is 6.61 Å². The lowest BCUT2D eigenvalue weighted by atomic mass is 9.95. The van der Waals surface area contributed by atoms with Gasteiger partial charge in [0.25, 0.3) is 5.91 Å². The number of rotatable bonds is 9. The van der Waals surface area contributed by atoms with Crippen molar-refractivity contribution in [3.63, 3.8) is 0 Å². The number of hydrogen-bond acceptors (Lipinski definition) is 10. The number of aryl methyl sites for hydroxylation is 1. The third kappa shape index (κ3) is 7.52. The molecule has 1 amide bonds. The molecule has 1 fully saturated rings. The van der Waals surface area contributed by atoms with Crippen LogP contribution in [0.2, 0.25) is 0 Å². The van der Waals surface area contributed by atoms with Gasteiger partial charge in [0.2, 0.25) is 0 Å². The molecule has 1 aliphatic rings. The molecule has 11 heteroatoms. The van der Waals surface area contributed by atoms with Crippen molar-refractivity contribution in [2.24, 2.45) is 17.8 Å². The summed E-state index contributed by atoms with van der Waals surface area (Å²) >= 11 is 0. The first-order valence-corrected chi connectivity index (χ1v) is 13.0. The van der Waals surface area contributed by atoms with Crippen LogP contribution in [0.3, 0.4) is 0 Å². The molecule has 4 atom stereocenters. The van der Waals surface area contributed by atoms with Crippen LogP contribution < -0.4 is 10.1 Å². The monoisotopic (exact) mass is 534 g/mol. The minimum absolute atomic E-state index is 0.0181. The van der Waals surface area contributed by atoms with Gasteiger partial charge < -0.3 is 24.3 Å². The van der Waals surface area contributed by atoms with Gasteiger partial charge in [-0.3, -0.25) is 19.2 Å². The zero-order valence-corrected chi connectivity index (χ0v) is 23.1. The summed E-state index contributed by atoms with van der Waals surface area (Å²) in [6.07, 6.45) is 0.734. The number of pyridine rings is 1. The van der Waals surface area contributed by atoms with Crippen LogP contribution in [0.5, 0.6) is 5.75 Å². The van der Waals surface area contributed by atoms with Crippen LogP contribution in [0.4, 0.5) is 0 Å². The zero-order chi connectivity index (χ0) is 28.6. The standard InChI is InChI=1S/C27H38N2O9/c1-8-17(9-2)25(32)37-21-15(6)11-12-28-20(21)23(30)29-19-13-35-26(33)18(10-3)22(16(7)36-27(19)34)38-24(31)14(4)5/h11-12,14,16-19,22H,8-10,13H2,1-7H3,(H,29,30). The SMILES string of the molecule is CCC(CC)C(=O)Oc1c(C)ccnc1C(=O)NC1COC(=O)C(CC)C(OC(=O)C(C)C)C(C)OC1=O. The summed E-state index contributed by atoms with van der Waals surface area (Å²) in [5, 5.41) is 2.47. The van der Waals surface area contributed by atoms with E-state index in [0.29, 0.717) is 18.4 Å². The molecule has 0 bridgehead atoms. The summed E-state index contributed by atoms with van der Waals surface area (Å²) in [6.45, 7) is 11.4. The van der Waals surface area contributed by atoms with E-state index in [0.717, 1.165) is 0 Å². The van der Waals surface area contributed by atoms with E-state index in [1.807, 2.05) is 13.8 Å². The van der Waals surface area contributed by atoms with Gasteiger partial charge in [0.15, 0.2) is 23.6 Å². The van der Waals surface area contributed by atoms with Gasteiger partial charge in [-0.05, 0) is 44.7 Å². The second-order valence-corrected chi connectivity index (χ2v) is 9.61. The quantitative estimate of drug-likeness (QED) is 0.370. The fraction of sp³-hybridized carbons (Fsp3) is 0.630. The molecule has 0 aliphatic carbocycles. The maximum Gasteiger partial charge on any atom is 0.332 e. The van der Waals surface area contributed by atoms with Crippen LogP contribution in [0.1, 0.15) is 76.9 Å². The summed E-state index contributed by atoms with van der Waals surface area (Å²) in [7, 11) is 0. The zero-order valence-electron chi connectivity index (χ0n) is 23.1. The number of ether oxygens (including phenoxy) is 4. The van der Waals surface area contributed by atoms with Crippen LogP contribution >= 0.6 is 0 Å². The molecule has 0 aromatic carbocycles. The van der Waals surface area contributed by atoms with Crippen molar-refractivity contribution in [2.45, 2.75) is 86.0 Å². The highest BCUT2D eigenvalue weighted by molar-refractivity contribution is 5.98. The molecule has 11 nitrogen and oxygen atoms in total. The van der Waals surface area contributed by atoms with E-state index >= 15 is 0 Å². The summed E-state index contributed by atoms with van der Waals surface area (Å²) in [6, 6.07) is 0.212. The van der Waals surface area contributed by atoms with Gasteiger partial charge in [0, 0.05) is 6.20 Å². The Morgan fingerprint density at radius 3 is 2.34 bits per heavy atom. The summed E-state index contributed by atoms with van der Waals surface area (Å²) < 4.78 is 21.9. The van der Waals surface area contributed by atoms with E-state index in [9.17, 15) is 24.0 Å². The Hall–Kier alpha value is -3.50. The van der Waals surface area contributed by atoms with E-state index in [2.05, 4.69) is 10.3 Å². The molecule has 1 aromatic rings. The number of nitrogens with one attached hydrogen (secondary N) is 1. The second-order valence-electron chi connectivity index (χ2n) is 9.61. The molecule has 1 aromatic heterocycles. The van der Waals surface area contributed by atoms with Crippen molar-refractivity contribution in [1.82, 2.24) is 10.3 Å². The van der Waals surface area contributed by atoms with E-state index in [4.69, 9.17) is 18.9 Å². The Morgan fingerprint density at radius 2 is 1.76 bits per heavy atom. The topological polar surface area (TPSA) is 147 Å². The van der Waals surface area contributed by atoms with Crippen LogP contribution in [0.25, 0.3) is 0 Å². The van der Waals surface area contributed by atoms with E-state index in [-0.39, 0.29) is 23.8 Å². The number of hydrogen-bond donors (Lipinski definition) is 1. The minimum Gasteiger partial charge on any atom is -0.463 e. The largest absolute Gasteiger partial charge is 0.463 e. The van der Waals surface area contributed by atoms with Crippen molar-refractivity contribution in [3.8, 4) is 5.75 Å².